The smallest absolute Gasteiger partial charge is 0.0883 e. The first-order valence-electron chi connectivity index (χ1n) is 3.27. The molecule has 0 heterocycles. The molecule has 9 heavy (non-hydrogen) atoms. The molecule has 0 aromatic carbocycles. The lowest BCUT2D eigenvalue weighted by molar-refractivity contribution is 0.345. The highest BCUT2D eigenvalue weighted by atomic mass is 35.5. The first kappa shape index (κ1) is 6.94. The summed E-state index contributed by atoms with van der Waals surface area (Å²) in [5.74, 6) is 1.86. The van der Waals surface area contributed by atoms with Gasteiger partial charge in [0, 0.05) is 12.3 Å². The molecule has 1 nitrogen and oxygen atoms in total. The van der Waals surface area contributed by atoms with Crippen LogP contribution in [0, 0.1) is 5.92 Å². The van der Waals surface area contributed by atoms with Crippen LogP contribution in [0.15, 0.2) is 11.8 Å². The molecule has 52 valence electrons. The van der Waals surface area contributed by atoms with Gasteiger partial charge in [0.2, 0.25) is 0 Å². The van der Waals surface area contributed by atoms with Gasteiger partial charge in [0.15, 0.2) is 0 Å². The highest BCUT2D eigenvalue weighted by Crippen LogP contribution is 2.22. The Bertz CT molecular complexity index is 120. The summed E-state index contributed by atoms with van der Waals surface area (Å²) in [6, 6.07) is 0. The van der Waals surface area contributed by atoms with E-state index in [1.54, 1.807) is 0 Å². The summed E-state index contributed by atoms with van der Waals surface area (Å²) in [6.45, 7) is 0. The van der Waals surface area contributed by atoms with Gasteiger partial charge in [-0.15, -0.1) is 11.6 Å². The third kappa shape index (κ3) is 1.90. The van der Waals surface area contributed by atoms with Crippen molar-refractivity contribution in [3.63, 3.8) is 0 Å². The average molecular weight is 147 g/mol. The third-order valence-electron chi connectivity index (χ3n) is 1.71. The van der Waals surface area contributed by atoms with Crippen LogP contribution in [0.2, 0.25) is 0 Å². The molecule has 0 saturated carbocycles. The van der Waals surface area contributed by atoms with E-state index in [1.165, 1.54) is 0 Å². The van der Waals surface area contributed by atoms with Crippen molar-refractivity contribution in [3.05, 3.63) is 11.8 Å². The highest BCUT2D eigenvalue weighted by Gasteiger charge is 2.11. The van der Waals surface area contributed by atoms with Crippen LogP contribution in [-0.2, 0) is 0 Å². The second-order valence-electron chi connectivity index (χ2n) is 2.49. The maximum atomic E-state index is 8.94. The van der Waals surface area contributed by atoms with Crippen molar-refractivity contribution in [2.45, 2.75) is 19.3 Å². The van der Waals surface area contributed by atoms with Crippen LogP contribution in [0.25, 0.3) is 0 Å². The van der Waals surface area contributed by atoms with Gasteiger partial charge in [-0.2, -0.15) is 0 Å². The Morgan fingerprint density at radius 1 is 1.78 bits per heavy atom. The summed E-state index contributed by atoms with van der Waals surface area (Å²) in [5.41, 5.74) is 0. The van der Waals surface area contributed by atoms with Gasteiger partial charge in [-0.3, -0.25) is 0 Å². The fraction of sp³-hybridized carbons (Fsp3) is 0.714. The molecule has 0 bridgehead atoms. The predicted octanol–water partition coefficient (Wildman–Crippen LogP) is 2.47. The molecule has 1 rings (SSSR count). The van der Waals surface area contributed by atoms with Crippen LogP contribution >= 0.6 is 11.6 Å². The van der Waals surface area contributed by atoms with Gasteiger partial charge in [-0.05, 0) is 24.8 Å². The Morgan fingerprint density at radius 2 is 2.56 bits per heavy atom. The Hall–Kier alpha value is -0.170. The summed E-state index contributed by atoms with van der Waals surface area (Å²) in [6.07, 6.45) is 4.69. The SMILES string of the molecule is OC1=CC[C@@H](CCl)CC1. The standard InChI is InChI=1S/C7H11ClO/c8-5-6-1-3-7(9)4-2-6/h3,6,9H,1-2,4-5H2/t6-/m1/s1. The van der Waals surface area contributed by atoms with Crippen LogP contribution in [0.4, 0.5) is 0 Å². The van der Waals surface area contributed by atoms with Gasteiger partial charge >= 0.3 is 0 Å². The number of hydrogen-bond donors (Lipinski definition) is 1. The zero-order valence-corrected chi connectivity index (χ0v) is 6.06. The number of rotatable bonds is 1. The first-order chi connectivity index (χ1) is 4.33. The molecule has 0 unspecified atom stereocenters. The van der Waals surface area contributed by atoms with Crippen molar-refractivity contribution in [3.8, 4) is 0 Å². The first-order valence-corrected chi connectivity index (χ1v) is 3.80. The molecule has 0 spiro atoms. The Balaban J connectivity index is 2.36. The molecule has 1 aliphatic carbocycles. The Kier molecular flexibility index (Phi) is 2.40. The predicted molar refractivity (Wildman–Crippen MR) is 38.8 cm³/mol. The lowest BCUT2D eigenvalue weighted by Crippen LogP contribution is -2.06. The third-order valence-corrected chi connectivity index (χ3v) is 2.15. The second kappa shape index (κ2) is 3.11. The van der Waals surface area contributed by atoms with Crippen molar-refractivity contribution in [1.29, 1.82) is 0 Å². The molecule has 2 heteroatoms. The molecule has 0 fully saturated rings. The van der Waals surface area contributed by atoms with E-state index >= 15 is 0 Å². The van der Waals surface area contributed by atoms with E-state index in [0.29, 0.717) is 11.7 Å². The van der Waals surface area contributed by atoms with Crippen molar-refractivity contribution in [2.24, 2.45) is 5.92 Å². The largest absolute Gasteiger partial charge is 0.513 e. The fourth-order valence-electron chi connectivity index (χ4n) is 1.01. The minimum absolute atomic E-state index is 0.538. The van der Waals surface area contributed by atoms with E-state index in [-0.39, 0.29) is 0 Å². The number of aliphatic hydroxyl groups is 1. The zero-order valence-electron chi connectivity index (χ0n) is 5.31. The van der Waals surface area contributed by atoms with Crippen molar-refractivity contribution in [1.82, 2.24) is 0 Å². The maximum absolute atomic E-state index is 8.94. The van der Waals surface area contributed by atoms with Gasteiger partial charge < -0.3 is 5.11 Å². The molecule has 0 aromatic heterocycles. The van der Waals surface area contributed by atoms with E-state index < -0.39 is 0 Å². The summed E-state index contributed by atoms with van der Waals surface area (Å²) < 4.78 is 0. The van der Waals surface area contributed by atoms with E-state index in [0.717, 1.165) is 25.1 Å². The number of halogens is 1. The van der Waals surface area contributed by atoms with Gasteiger partial charge in [0.05, 0.1) is 5.76 Å². The summed E-state index contributed by atoms with van der Waals surface area (Å²) in [5, 5.41) is 8.94. The van der Waals surface area contributed by atoms with Crippen LogP contribution in [-0.4, -0.2) is 11.0 Å². The molecule has 0 saturated heterocycles. The molecule has 1 atom stereocenters. The van der Waals surface area contributed by atoms with Crippen molar-refractivity contribution >= 4 is 11.6 Å². The van der Waals surface area contributed by atoms with Crippen molar-refractivity contribution < 1.29 is 5.11 Å². The molecule has 0 aliphatic heterocycles. The van der Waals surface area contributed by atoms with Crippen LogP contribution in [0.5, 0.6) is 0 Å². The highest BCUT2D eigenvalue weighted by molar-refractivity contribution is 6.18. The maximum Gasteiger partial charge on any atom is 0.0883 e. The quantitative estimate of drug-likeness (QED) is 0.564. The van der Waals surface area contributed by atoms with Gasteiger partial charge in [0.1, 0.15) is 0 Å². The minimum atomic E-state index is 0.538. The molecule has 1 aliphatic rings. The summed E-state index contributed by atoms with van der Waals surface area (Å²) >= 11 is 5.62. The number of hydrogen-bond acceptors (Lipinski definition) is 1. The minimum Gasteiger partial charge on any atom is -0.513 e. The average Bonchev–Trinajstić information content (AvgIpc) is 1.90. The zero-order chi connectivity index (χ0) is 6.69. The summed E-state index contributed by atoms with van der Waals surface area (Å²) in [4.78, 5) is 0. The lowest BCUT2D eigenvalue weighted by Gasteiger charge is -2.15. The molecular formula is C7H11ClO. The fourth-order valence-corrected chi connectivity index (χ4v) is 1.30. The molecule has 0 radical (unpaired) electrons. The number of allylic oxidation sites excluding steroid dienone is 2. The van der Waals surface area contributed by atoms with Crippen molar-refractivity contribution in [2.75, 3.05) is 5.88 Å². The molecule has 1 N–H and O–H groups in total. The second-order valence-corrected chi connectivity index (χ2v) is 2.80. The van der Waals surface area contributed by atoms with E-state index in [9.17, 15) is 0 Å². The summed E-state index contributed by atoms with van der Waals surface area (Å²) in [7, 11) is 0. The normalized spacial score (nSPS) is 27.7. The van der Waals surface area contributed by atoms with E-state index in [2.05, 4.69) is 0 Å². The topological polar surface area (TPSA) is 20.2 Å². The van der Waals surface area contributed by atoms with Crippen LogP contribution in [0.1, 0.15) is 19.3 Å². The van der Waals surface area contributed by atoms with Gasteiger partial charge in [-0.1, -0.05) is 0 Å². The van der Waals surface area contributed by atoms with Gasteiger partial charge in [-0.25, -0.2) is 0 Å². The monoisotopic (exact) mass is 146 g/mol. The lowest BCUT2D eigenvalue weighted by atomic mass is 9.95. The molecule has 0 amide bonds. The van der Waals surface area contributed by atoms with Gasteiger partial charge in [0.25, 0.3) is 0 Å². The molecular weight excluding hydrogens is 136 g/mol. The Labute approximate surface area is 60.3 Å². The van der Waals surface area contributed by atoms with E-state index in [4.69, 9.17) is 16.7 Å². The molecule has 0 aromatic rings. The van der Waals surface area contributed by atoms with Crippen LogP contribution in [0.3, 0.4) is 0 Å². The van der Waals surface area contributed by atoms with Crippen LogP contribution < -0.4 is 0 Å². The Morgan fingerprint density at radius 3 is 3.00 bits per heavy atom. The number of aliphatic hydroxyl groups excluding tert-OH is 1. The van der Waals surface area contributed by atoms with E-state index in [1.807, 2.05) is 6.08 Å². The number of alkyl halides is 1.